The molecule has 0 bridgehead atoms. The van der Waals surface area contributed by atoms with E-state index in [1.807, 2.05) is 54.6 Å². The van der Waals surface area contributed by atoms with Crippen LogP contribution in [0.3, 0.4) is 0 Å². The molecule has 0 aromatic heterocycles. The molecule has 0 saturated heterocycles. The number of methoxy groups -OCH3 is 1. The fourth-order valence-electron chi connectivity index (χ4n) is 1.91. The van der Waals surface area contributed by atoms with Crippen LogP contribution in [-0.2, 0) is 11.2 Å². The Kier molecular flexibility index (Phi) is 5.10. The SMILES string of the molecule is COc1ccc(C=N[C@@H](Cc2ccccc2)C(=O)O)cc1. The smallest absolute Gasteiger partial charge is 0.328 e. The van der Waals surface area contributed by atoms with E-state index in [0.29, 0.717) is 6.42 Å². The Labute approximate surface area is 123 Å². The van der Waals surface area contributed by atoms with Crippen LogP contribution < -0.4 is 4.74 Å². The highest BCUT2D eigenvalue weighted by atomic mass is 16.5. The number of carbonyl (C=O) groups is 1. The van der Waals surface area contributed by atoms with Crippen molar-refractivity contribution < 1.29 is 14.6 Å². The van der Waals surface area contributed by atoms with Crippen LogP contribution in [0.1, 0.15) is 11.1 Å². The first kappa shape index (κ1) is 14.8. The largest absolute Gasteiger partial charge is 0.497 e. The molecule has 4 heteroatoms. The monoisotopic (exact) mass is 283 g/mol. The normalized spacial score (nSPS) is 12.2. The van der Waals surface area contributed by atoms with Gasteiger partial charge in [-0.2, -0.15) is 0 Å². The second-order valence-electron chi connectivity index (χ2n) is 4.60. The summed E-state index contributed by atoms with van der Waals surface area (Å²) in [6.45, 7) is 0. The van der Waals surface area contributed by atoms with Gasteiger partial charge in [0.2, 0.25) is 0 Å². The van der Waals surface area contributed by atoms with Gasteiger partial charge in [0.1, 0.15) is 5.75 Å². The van der Waals surface area contributed by atoms with Gasteiger partial charge >= 0.3 is 5.97 Å². The summed E-state index contributed by atoms with van der Waals surface area (Å²) < 4.78 is 5.07. The Morgan fingerprint density at radius 1 is 1.19 bits per heavy atom. The molecular weight excluding hydrogens is 266 g/mol. The third-order valence-electron chi connectivity index (χ3n) is 3.08. The van der Waals surface area contributed by atoms with Crippen molar-refractivity contribution >= 4 is 12.2 Å². The van der Waals surface area contributed by atoms with E-state index in [0.717, 1.165) is 16.9 Å². The summed E-state index contributed by atoms with van der Waals surface area (Å²) >= 11 is 0. The molecule has 21 heavy (non-hydrogen) atoms. The van der Waals surface area contributed by atoms with Gasteiger partial charge in [0.05, 0.1) is 7.11 Å². The molecule has 0 heterocycles. The molecule has 1 atom stereocenters. The number of benzene rings is 2. The number of aliphatic imine (C=N–C) groups is 1. The van der Waals surface area contributed by atoms with Gasteiger partial charge in [0, 0.05) is 12.6 Å². The Balaban J connectivity index is 2.08. The molecule has 0 spiro atoms. The molecule has 2 aromatic carbocycles. The van der Waals surface area contributed by atoms with Crippen LogP contribution in [0.5, 0.6) is 5.75 Å². The zero-order valence-electron chi connectivity index (χ0n) is 11.8. The number of nitrogens with zero attached hydrogens (tertiary/aromatic N) is 1. The second-order valence-corrected chi connectivity index (χ2v) is 4.60. The summed E-state index contributed by atoms with van der Waals surface area (Å²) in [5.74, 6) is -0.171. The predicted octanol–water partition coefficient (Wildman–Crippen LogP) is 2.81. The van der Waals surface area contributed by atoms with Crippen LogP contribution in [0.4, 0.5) is 0 Å². The maximum atomic E-state index is 11.3. The van der Waals surface area contributed by atoms with E-state index in [4.69, 9.17) is 4.74 Å². The van der Waals surface area contributed by atoms with E-state index >= 15 is 0 Å². The molecule has 0 aliphatic carbocycles. The van der Waals surface area contributed by atoms with Crippen molar-refractivity contribution in [2.45, 2.75) is 12.5 Å². The summed E-state index contributed by atoms with van der Waals surface area (Å²) in [5, 5.41) is 9.26. The lowest BCUT2D eigenvalue weighted by atomic mass is 10.1. The van der Waals surface area contributed by atoms with Crippen molar-refractivity contribution in [1.82, 2.24) is 0 Å². The summed E-state index contributed by atoms with van der Waals surface area (Å²) in [6, 6.07) is 16.0. The minimum Gasteiger partial charge on any atom is -0.497 e. The molecule has 0 saturated carbocycles. The number of carboxylic acids is 1. The molecule has 0 aliphatic heterocycles. The molecule has 0 unspecified atom stereocenters. The maximum Gasteiger partial charge on any atom is 0.328 e. The molecule has 0 aliphatic rings. The molecule has 0 amide bonds. The van der Waals surface area contributed by atoms with Crippen molar-refractivity contribution in [3.05, 3.63) is 65.7 Å². The van der Waals surface area contributed by atoms with Crippen molar-refractivity contribution in [2.24, 2.45) is 4.99 Å². The Hall–Kier alpha value is -2.62. The lowest BCUT2D eigenvalue weighted by molar-refractivity contribution is -0.138. The number of hydrogen-bond donors (Lipinski definition) is 1. The number of hydrogen-bond acceptors (Lipinski definition) is 3. The van der Waals surface area contributed by atoms with Crippen LogP contribution in [0, 0.1) is 0 Å². The van der Waals surface area contributed by atoms with Crippen molar-refractivity contribution in [2.75, 3.05) is 7.11 Å². The minimum absolute atomic E-state index is 0.378. The molecule has 2 rings (SSSR count). The summed E-state index contributed by atoms with van der Waals surface area (Å²) in [7, 11) is 1.60. The number of ether oxygens (including phenoxy) is 1. The van der Waals surface area contributed by atoms with Crippen LogP contribution in [0.2, 0.25) is 0 Å². The van der Waals surface area contributed by atoms with Crippen LogP contribution >= 0.6 is 0 Å². The van der Waals surface area contributed by atoms with Gasteiger partial charge < -0.3 is 9.84 Å². The first-order chi connectivity index (χ1) is 10.2. The Morgan fingerprint density at radius 2 is 1.86 bits per heavy atom. The van der Waals surface area contributed by atoms with Crippen LogP contribution in [0.25, 0.3) is 0 Å². The Bertz CT molecular complexity index is 606. The van der Waals surface area contributed by atoms with Gasteiger partial charge in [-0.25, -0.2) is 4.79 Å². The average Bonchev–Trinajstić information content (AvgIpc) is 2.52. The fourth-order valence-corrected chi connectivity index (χ4v) is 1.91. The summed E-state index contributed by atoms with van der Waals surface area (Å²) in [6.07, 6.45) is 1.96. The van der Waals surface area contributed by atoms with Gasteiger partial charge in [0.25, 0.3) is 0 Å². The van der Waals surface area contributed by atoms with E-state index in [2.05, 4.69) is 4.99 Å². The van der Waals surface area contributed by atoms with E-state index in [-0.39, 0.29) is 0 Å². The molecule has 0 fully saturated rings. The number of carboxylic acid groups (broad SMARTS) is 1. The zero-order chi connectivity index (χ0) is 15.1. The van der Waals surface area contributed by atoms with Gasteiger partial charge in [-0.15, -0.1) is 0 Å². The summed E-state index contributed by atoms with van der Waals surface area (Å²) in [5.41, 5.74) is 1.80. The fraction of sp³-hybridized carbons (Fsp3) is 0.176. The average molecular weight is 283 g/mol. The highest BCUT2D eigenvalue weighted by Crippen LogP contribution is 2.11. The second kappa shape index (κ2) is 7.24. The van der Waals surface area contributed by atoms with E-state index in [1.165, 1.54) is 0 Å². The van der Waals surface area contributed by atoms with Crippen molar-refractivity contribution in [3.8, 4) is 5.75 Å². The highest BCUT2D eigenvalue weighted by molar-refractivity contribution is 5.83. The lowest BCUT2D eigenvalue weighted by Crippen LogP contribution is -2.20. The van der Waals surface area contributed by atoms with E-state index < -0.39 is 12.0 Å². The lowest BCUT2D eigenvalue weighted by Gasteiger charge is -2.07. The quantitative estimate of drug-likeness (QED) is 0.829. The third-order valence-corrected chi connectivity index (χ3v) is 3.08. The first-order valence-electron chi connectivity index (χ1n) is 6.63. The number of rotatable bonds is 6. The molecule has 1 N–H and O–H groups in total. The van der Waals surface area contributed by atoms with Gasteiger partial charge in [-0.1, -0.05) is 30.3 Å². The molecule has 2 aromatic rings. The van der Waals surface area contributed by atoms with Crippen LogP contribution in [-0.4, -0.2) is 30.4 Å². The third kappa shape index (κ3) is 4.45. The topological polar surface area (TPSA) is 58.9 Å². The zero-order valence-corrected chi connectivity index (χ0v) is 11.8. The maximum absolute atomic E-state index is 11.3. The molecule has 0 radical (unpaired) electrons. The molecular formula is C17H17NO3. The number of aliphatic carboxylic acids is 1. The van der Waals surface area contributed by atoms with Crippen molar-refractivity contribution in [3.63, 3.8) is 0 Å². The summed E-state index contributed by atoms with van der Waals surface area (Å²) in [4.78, 5) is 15.5. The van der Waals surface area contributed by atoms with Gasteiger partial charge in [-0.05, 0) is 35.4 Å². The molecule has 4 nitrogen and oxygen atoms in total. The predicted molar refractivity (Wildman–Crippen MR) is 82.2 cm³/mol. The van der Waals surface area contributed by atoms with E-state index in [1.54, 1.807) is 13.3 Å². The van der Waals surface area contributed by atoms with Gasteiger partial charge in [-0.3, -0.25) is 4.99 Å². The first-order valence-corrected chi connectivity index (χ1v) is 6.63. The van der Waals surface area contributed by atoms with Crippen LogP contribution in [0.15, 0.2) is 59.6 Å². The Morgan fingerprint density at radius 3 is 2.43 bits per heavy atom. The van der Waals surface area contributed by atoms with Crippen molar-refractivity contribution in [1.29, 1.82) is 0 Å². The molecule has 108 valence electrons. The standard InChI is InChI=1S/C17H17NO3/c1-21-15-9-7-14(8-10-15)12-18-16(17(19)20)11-13-5-3-2-4-6-13/h2-10,12,16H,11H2,1H3,(H,19,20)/t16-/m0/s1. The van der Waals surface area contributed by atoms with Gasteiger partial charge in [0.15, 0.2) is 6.04 Å². The highest BCUT2D eigenvalue weighted by Gasteiger charge is 2.15. The van der Waals surface area contributed by atoms with E-state index in [9.17, 15) is 9.90 Å². The minimum atomic E-state index is -0.927.